The van der Waals surface area contributed by atoms with Crippen molar-refractivity contribution in [3.05, 3.63) is 35.9 Å². The van der Waals surface area contributed by atoms with Crippen molar-refractivity contribution in [2.24, 2.45) is 0 Å². The van der Waals surface area contributed by atoms with Gasteiger partial charge in [-0.25, -0.2) is 0 Å². The van der Waals surface area contributed by atoms with Gasteiger partial charge in [0.15, 0.2) is 0 Å². The van der Waals surface area contributed by atoms with Gasteiger partial charge in [0.2, 0.25) is 0 Å². The first-order chi connectivity index (χ1) is 9.61. The Morgan fingerprint density at radius 1 is 1.05 bits per heavy atom. The molecule has 1 rings (SSSR count). The number of carbonyl (C=O) groups is 1. The number of hydrogen-bond donors (Lipinski definition) is 1. The van der Waals surface area contributed by atoms with Crippen molar-refractivity contribution in [1.29, 1.82) is 0 Å². The van der Waals surface area contributed by atoms with Crippen molar-refractivity contribution in [3.63, 3.8) is 0 Å². The van der Waals surface area contributed by atoms with E-state index in [0.29, 0.717) is 6.42 Å². The molecule has 0 aliphatic heterocycles. The molecule has 5 heteroatoms. The van der Waals surface area contributed by atoms with Crippen LogP contribution in [0.25, 0.3) is 0 Å². The molecule has 1 aromatic rings. The van der Waals surface area contributed by atoms with Crippen LogP contribution in [-0.4, -0.2) is 21.1 Å². The predicted octanol–water partition coefficient (Wildman–Crippen LogP) is 4.63. The molecule has 0 saturated heterocycles. The van der Waals surface area contributed by atoms with Gasteiger partial charge in [-0.3, -0.25) is 4.79 Å². The molecule has 0 amide bonds. The number of carboxylic acids is 1. The molecule has 3 nitrogen and oxygen atoms in total. The lowest BCUT2D eigenvalue weighted by molar-refractivity contribution is -0.140. The average molecular weight is 318 g/mol. The molecule has 0 bridgehead atoms. The van der Waals surface area contributed by atoms with Gasteiger partial charge >= 0.3 is 5.97 Å². The van der Waals surface area contributed by atoms with Gasteiger partial charge in [0.1, 0.15) is 6.04 Å². The van der Waals surface area contributed by atoms with Crippen LogP contribution in [0.5, 0.6) is 0 Å². The summed E-state index contributed by atoms with van der Waals surface area (Å²) in [5, 5.41) is 8.90. The Balaban J connectivity index is 2.03. The lowest BCUT2D eigenvalue weighted by Crippen LogP contribution is -2.29. The Labute approximate surface area is 130 Å². The quantitative estimate of drug-likeness (QED) is 0.505. The number of aliphatic carboxylic acids is 1. The zero-order chi connectivity index (χ0) is 14.8. The van der Waals surface area contributed by atoms with E-state index in [1.54, 1.807) is 0 Å². The molecule has 0 aliphatic carbocycles. The molecule has 20 heavy (non-hydrogen) atoms. The summed E-state index contributed by atoms with van der Waals surface area (Å²) in [4.78, 5) is 10.9. The third-order valence-corrected chi connectivity index (χ3v) is 3.78. The van der Waals surface area contributed by atoms with Crippen LogP contribution in [0.2, 0.25) is 0 Å². The van der Waals surface area contributed by atoms with Crippen LogP contribution in [0.1, 0.15) is 44.1 Å². The van der Waals surface area contributed by atoms with Gasteiger partial charge < -0.3 is 5.11 Å². The zero-order valence-corrected chi connectivity index (χ0v) is 13.0. The number of benzene rings is 1. The molecule has 0 saturated carbocycles. The number of carboxylic acid groups (broad SMARTS) is 1. The standard InChI is InChI=1S/C15H21Cl2NO2/c16-18(17)14(15(19)20)12-8-3-1-2-5-9-13-10-6-4-7-11-13/h4,6-7,10-11,14H,1-3,5,8-9,12H2,(H,19,20). The van der Waals surface area contributed by atoms with Gasteiger partial charge in [-0.1, -0.05) is 56.0 Å². The third kappa shape index (κ3) is 7.13. The van der Waals surface area contributed by atoms with Crippen molar-refractivity contribution >= 4 is 29.5 Å². The molecule has 1 aromatic carbocycles. The van der Waals surface area contributed by atoms with Crippen LogP contribution >= 0.6 is 23.6 Å². The Morgan fingerprint density at radius 3 is 2.25 bits per heavy atom. The highest BCUT2D eigenvalue weighted by atomic mass is 35.5. The largest absolute Gasteiger partial charge is 0.480 e. The molecule has 0 heterocycles. The highest BCUT2D eigenvalue weighted by Crippen LogP contribution is 2.16. The highest BCUT2D eigenvalue weighted by molar-refractivity contribution is 6.34. The minimum Gasteiger partial charge on any atom is -0.480 e. The van der Waals surface area contributed by atoms with E-state index in [1.807, 2.05) is 6.07 Å². The fourth-order valence-electron chi connectivity index (χ4n) is 2.15. The minimum absolute atomic E-state index is 0.487. The molecule has 1 atom stereocenters. The average Bonchev–Trinajstić information content (AvgIpc) is 2.42. The van der Waals surface area contributed by atoms with Crippen molar-refractivity contribution in [2.75, 3.05) is 0 Å². The van der Waals surface area contributed by atoms with Gasteiger partial charge in [0.25, 0.3) is 0 Å². The molecule has 0 spiro atoms. The van der Waals surface area contributed by atoms with Gasteiger partial charge in [-0.05, 0) is 48.4 Å². The van der Waals surface area contributed by atoms with E-state index in [-0.39, 0.29) is 0 Å². The first-order valence-corrected chi connectivity index (χ1v) is 7.66. The predicted molar refractivity (Wildman–Crippen MR) is 82.8 cm³/mol. The lowest BCUT2D eigenvalue weighted by atomic mass is 10.0. The van der Waals surface area contributed by atoms with Crippen molar-refractivity contribution in [3.8, 4) is 0 Å². The molecular weight excluding hydrogens is 297 g/mol. The number of unbranched alkanes of at least 4 members (excludes halogenated alkanes) is 4. The maximum Gasteiger partial charge on any atom is 0.323 e. The number of hydrogen-bond acceptors (Lipinski definition) is 2. The van der Waals surface area contributed by atoms with Crippen LogP contribution in [0.3, 0.4) is 0 Å². The van der Waals surface area contributed by atoms with Gasteiger partial charge in [0, 0.05) is 0 Å². The van der Waals surface area contributed by atoms with Crippen molar-refractivity contribution < 1.29 is 9.90 Å². The van der Waals surface area contributed by atoms with Gasteiger partial charge in [-0.15, -0.1) is 3.94 Å². The van der Waals surface area contributed by atoms with Gasteiger partial charge in [-0.2, -0.15) is 0 Å². The number of nitrogens with zero attached hydrogens (tertiary/aromatic N) is 1. The van der Waals surface area contributed by atoms with Crippen LogP contribution < -0.4 is 0 Å². The van der Waals surface area contributed by atoms with Crippen molar-refractivity contribution in [2.45, 2.75) is 51.0 Å². The van der Waals surface area contributed by atoms with E-state index in [9.17, 15) is 4.79 Å². The zero-order valence-electron chi connectivity index (χ0n) is 11.5. The van der Waals surface area contributed by atoms with Crippen LogP contribution in [0.15, 0.2) is 30.3 Å². The summed E-state index contributed by atoms with van der Waals surface area (Å²) in [5.41, 5.74) is 1.37. The first-order valence-electron chi connectivity index (χ1n) is 6.99. The Bertz CT molecular complexity index is 385. The monoisotopic (exact) mass is 317 g/mol. The second-order valence-corrected chi connectivity index (χ2v) is 5.81. The van der Waals surface area contributed by atoms with E-state index in [1.165, 1.54) is 12.0 Å². The fourth-order valence-corrected chi connectivity index (χ4v) is 2.51. The van der Waals surface area contributed by atoms with Crippen LogP contribution in [0, 0.1) is 0 Å². The molecule has 112 valence electrons. The summed E-state index contributed by atoms with van der Waals surface area (Å²) in [6.07, 6.45) is 6.89. The molecule has 0 aliphatic rings. The maximum absolute atomic E-state index is 10.9. The number of rotatable bonds is 10. The lowest BCUT2D eigenvalue weighted by Gasteiger charge is -2.14. The van der Waals surface area contributed by atoms with E-state index in [2.05, 4.69) is 24.3 Å². The summed E-state index contributed by atoms with van der Waals surface area (Å²) >= 11 is 11.0. The smallest absolute Gasteiger partial charge is 0.323 e. The normalized spacial score (nSPS) is 12.6. The second-order valence-electron chi connectivity index (χ2n) is 4.91. The summed E-state index contributed by atoms with van der Waals surface area (Å²) in [5.74, 6) is -0.973. The second kappa shape index (κ2) is 10.0. The minimum atomic E-state index is -0.973. The molecule has 1 N–H and O–H groups in total. The van der Waals surface area contributed by atoms with E-state index >= 15 is 0 Å². The Kier molecular flexibility index (Phi) is 8.67. The SMILES string of the molecule is O=C(O)C(CCCCCCCc1ccccc1)N(Cl)Cl. The maximum atomic E-state index is 10.9. The molecule has 0 fully saturated rings. The van der Waals surface area contributed by atoms with Crippen LogP contribution in [-0.2, 0) is 11.2 Å². The van der Waals surface area contributed by atoms with E-state index < -0.39 is 12.0 Å². The van der Waals surface area contributed by atoms with E-state index in [0.717, 1.165) is 36.0 Å². The molecule has 0 radical (unpaired) electrons. The summed E-state index contributed by atoms with van der Waals surface area (Å²) < 4.78 is 0.734. The van der Waals surface area contributed by atoms with Crippen LogP contribution in [0.4, 0.5) is 0 Å². The Morgan fingerprint density at radius 2 is 1.65 bits per heavy atom. The Hall–Kier alpha value is -0.770. The topological polar surface area (TPSA) is 40.5 Å². The number of halogens is 2. The van der Waals surface area contributed by atoms with Crippen molar-refractivity contribution in [1.82, 2.24) is 3.94 Å². The highest BCUT2D eigenvalue weighted by Gasteiger charge is 2.22. The molecule has 0 aromatic heterocycles. The molecule has 1 unspecified atom stereocenters. The molecular formula is C15H21Cl2NO2. The van der Waals surface area contributed by atoms with Gasteiger partial charge in [0.05, 0.1) is 0 Å². The summed E-state index contributed by atoms with van der Waals surface area (Å²) in [6.45, 7) is 0. The summed E-state index contributed by atoms with van der Waals surface area (Å²) in [7, 11) is 0. The number of aryl methyl sites for hydroxylation is 1. The third-order valence-electron chi connectivity index (χ3n) is 3.31. The van der Waals surface area contributed by atoms with E-state index in [4.69, 9.17) is 28.7 Å². The fraction of sp³-hybridized carbons (Fsp3) is 0.533. The first kappa shape index (κ1) is 17.3. The summed E-state index contributed by atoms with van der Waals surface area (Å²) in [6, 6.07) is 9.64.